The fraction of sp³-hybridized carbons (Fsp3) is 0.440. The molecule has 0 unspecified atom stereocenters. The summed E-state index contributed by atoms with van der Waals surface area (Å²) in [4.78, 5) is 0. The van der Waals surface area contributed by atoms with E-state index in [2.05, 4.69) is 46.9 Å². The SMILES string of the molecule is CCCC[C@H](/C=C/P(=O)(c1ccccc1)c1ccccc1)O[Si](C)(C)C(C)(C)C. The molecule has 0 aliphatic heterocycles. The Morgan fingerprint density at radius 1 is 0.966 bits per heavy atom. The Balaban J connectivity index is 2.42. The zero-order valence-corrected chi connectivity index (χ0v) is 20.8. The summed E-state index contributed by atoms with van der Waals surface area (Å²) < 4.78 is 20.9. The second-order valence-corrected chi connectivity index (χ2v) is 16.6. The van der Waals surface area contributed by atoms with E-state index < -0.39 is 15.5 Å². The molecule has 2 aromatic carbocycles. The van der Waals surface area contributed by atoms with E-state index in [4.69, 9.17) is 4.43 Å². The highest BCUT2D eigenvalue weighted by atomic mass is 31.2. The first kappa shape index (κ1) is 23.9. The van der Waals surface area contributed by atoms with Gasteiger partial charge in [-0.1, -0.05) is 107 Å². The zero-order chi connectivity index (χ0) is 21.5. The number of benzene rings is 2. The molecular formula is C25H37O2PSi. The minimum absolute atomic E-state index is 0.00316. The third-order valence-electron chi connectivity index (χ3n) is 5.88. The molecule has 0 aliphatic carbocycles. The van der Waals surface area contributed by atoms with Crippen LogP contribution >= 0.6 is 7.14 Å². The molecule has 0 bridgehead atoms. The van der Waals surface area contributed by atoms with Crippen molar-refractivity contribution < 1.29 is 8.99 Å². The molecule has 158 valence electrons. The van der Waals surface area contributed by atoms with Gasteiger partial charge in [-0.25, -0.2) is 0 Å². The first-order valence-corrected chi connectivity index (χ1v) is 15.4. The van der Waals surface area contributed by atoms with Gasteiger partial charge in [0.25, 0.3) is 0 Å². The lowest BCUT2D eigenvalue weighted by molar-refractivity contribution is 0.212. The van der Waals surface area contributed by atoms with Crippen LogP contribution in [0.4, 0.5) is 0 Å². The smallest absolute Gasteiger partial charge is 0.192 e. The average molecular weight is 429 g/mol. The van der Waals surface area contributed by atoms with Gasteiger partial charge in [0.05, 0.1) is 6.10 Å². The normalized spacial score (nSPS) is 14.3. The Labute approximate surface area is 178 Å². The summed E-state index contributed by atoms with van der Waals surface area (Å²) in [5.74, 6) is 1.94. The number of hydrogen-bond acceptors (Lipinski definition) is 2. The summed E-state index contributed by atoms with van der Waals surface area (Å²) in [6.07, 6.45) is 5.27. The van der Waals surface area contributed by atoms with Gasteiger partial charge in [-0.3, -0.25) is 0 Å². The Morgan fingerprint density at radius 3 is 1.86 bits per heavy atom. The maximum absolute atomic E-state index is 14.2. The fourth-order valence-corrected chi connectivity index (χ4v) is 6.61. The fourth-order valence-electron chi connectivity index (χ4n) is 2.99. The van der Waals surface area contributed by atoms with Crippen molar-refractivity contribution in [2.45, 2.75) is 71.2 Å². The number of unbranched alkanes of at least 4 members (excludes halogenated alkanes) is 1. The minimum atomic E-state index is -2.86. The van der Waals surface area contributed by atoms with Gasteiger partial charge in [0, 0.05) is 10.6 Å². The second-order valence-electron chi connectivity index (χ2n) is 9.23. The van der Waals surface area contributed by atoms with Gasteiger partial charge in [0.1, 0.15) is 0 Å². The van der Waals surface area contributed by atoms with Crippen molar-refractivity contribution in [3.05, 3.63) is 72.6 Å². The molecule has 0 N–H and O–H groups in total. The standard InChI is InChI=1S/C25H37O2PSi/c1-7-8-15-22(27-29(5,6)25(2,3)4)20-21-28(26,23-16-11-9-12-17-23)24-18-13-10-14-19-24/h9-14,16-22H,7-8,15H2,1-6H3/b21-20+/t22-/m1/s1. The summed E-state index contributed by atoms with van der Waals surface area (Å²) in [5.41, 5.74) is 0. The van der Waals surface area contributed by atoms with Crippen molar-refractivity contribution in [2.24, 2.45) is 0 Å². The molecule has 4 heteroatoms. The predicted octanol–water partition coefficient (Wildman–Crippen LogP) is 7.09. The summed E-state index contributed by atoms with van der Waals surface area (Å²) in [6.45, 7) is 13.6. The molecule has 0 aromatic heterocycles. The molecule has 1 atom stereocenters. The van der Waals surface area contributed by atoms with Crippen LogP contribution in [0, 0.1) is 0 Å². The van der Waals surface area contributed by atoms with Crippen molar-refractivity contribution in [2.75, 3.05) is 0 Å². The summed E-state index contributed by atoms with van der Waals surface area (Å²) in [5, 5.41) is 1.88. The van der Waals surface area contributed by atoms with Crippen LogP contribution in [0.2, 0.25) is 18.1 Å². The molecule has 0 spiro atoms. The van der Waals surface area contributed by atoms with Crippen LogP contribution in [0.25, 0.3) is 0 Å². The maximum Gasteiger partial charge on any atom is 0.192 e. The van der Waals surface area contributed by atoms with E-state index in [1.54, 1.807) is 0 Å². The van der Waals surface area contributed by atoms with Gasteiger partial charge in [0.2, 0.25) is 0 Å². The third kappa shape index (κ3) is 6.28. The predicted molar refractivity (Wildman–Crippen MR) is 130 cm³/mol. The lowest BCUT2D eigenvalue weighted by Gasteiger charge is -2.38. The summed E-state index contributed by atoms with van der Waals surface area (Å²) in [7, 11) is -4.78. The van der Waals surface area contributed by atoms with Crippen molar-refractivity contribution in [1.29, 1.82) is 0 Å². The van der Waals surface area contributed by atoms with Gasteiger partial charge in [-0.2, -0.15) is 0 Å². The lowest BCUT2D eigenvalue weighted by atomic mass is 10.2. The molecule has 0 aliphatic rings. The first-order chi connectivity index (χ1) is 13.6. The van der Waals surface area contributed by atoms with Crippen LogP contribution in [-0.4, -0.2) is 14.4 Å². The topological polar surface area (TPSA) is 26.3 Å². The van der Waals surface area contributed by atoms with Crippen LogP contribution < -0.4 is 10.6 Å². The number of hydrogen-bond donors (Lipinski definition) is 0. The quantitative estimate of drug-likeness (QED) is 0.315. The van der Waals surface area contributed by atoms with Crippen LogP contribution in [0.1, 0.15) is 47.0 Å². The average Bonchev–Trinajstić information content (AvgIpc) is 2.70. The molecular weight excluding hydrogens is 391 g/mol. The van der Waals surface area contributed by atoms with Crippen LogP contribution in [0.15, 0.2) is 72.6 Å². The van der Waals surface area contributed by atoms with Gasteiger partial charge < -0.3 is 8.99 Å². The Hall–Kier alpha value is -1.41. The Morgan fingerprint density at radius 2 is 1.45 bits per heavy atom. The Kier molecular flexibility index (Phi) is 8.28. The van der Waals surface area contributed by atoms with Crippen molar-refractivity contribution in [3.8, 4) is 0 Å². The highest BCUT2D eigenvalue weighted by molar-refractivity contribution is 7.81. The third-order valence-corrected chi connectivity index (χ3v) is 13.1. The van der Waals surface area contributed by atoms with E-state index in [0.29, 0.717) is 0 Å². The van der Waals surface area contributed by atoms with Crippen molar-refractivity contribution in [1.82, 2.24) is 0 Å². The van der Waals surface area contributed by atoms with E-state index in [1.807, 2.05) is 66.5 Å². The second kappa shape index (κ2) is 10.1. The van der Waals surface area contributed by atoms with E-state index in [1.165, 1.54) is 0 Å². The van der Waals surface area contributed by atoms with E-state index in [9.17, 15) is 4.57 Å². The molecule has 0 radical (unpaired) electrons. The summed E-state index contributed by atoms with van der Waals surface area (Å²) in [6, 6.07) is 19.6. The van der Waals surface area contributed by atoms with E-state index >= 15 is 0 Å². The molecule has 2 nitrogen and oxygen atoms in total. The molecule has 2 rings (SSSR count). The minimum Gasteiger partial charge on any atom is -0.411 e. The first-order valence-electron chi connectivity index (χ1n) is 10.7. The number of rotatable bonds is 9. The Bertz CT molecular complexity index is 779. The van der Waals surface area contributed by atoms with Crippen LogP contribution in [-0.2, 0) is 8.99 Å². The molecule has 0 saturated heterocycles. The van der Waals surface area contributed by atoms with Gasteiger partial charge in [-0.05, 0) is 30.4 Å². The lowest BCUT2D eigenvalue weighted by Crippen LogP contribution is -2.43. The molecule has 0 heterocycles. The van der Waals surface area contributed by atoms with E-state index in [-0.39, 0.29) is 11.1 Å². The van der Waals surface area contributed by atoms with Crippen LogP contribution in [0.3, 0.4) is 0 Å². The van der Waals surface area contributed by atoms with Gasteiger partial charge in [-0.15, -0.1) is 0 Å². The van der Waals surface area contributed by atoms with Gasteiger partial charge >= 0.3 is 0 Å². The van der Waals surface area contributed by atoms with Crippen molar-refractivity contribution >= 4 is 26.1 Å². The largest absolute Gasteiger partial charge is 0.411 e. The van der Waals surface area contributed by atoms with E-state index in [0.717, 1.165) is 29.9 Å². The van der Waals surface area contributed by atoms with Gasteiger partial charge in [0.15, 0.2) is 15.5 Å². The van der Waals surface area contributed by atoms with Crippen molar-refractivity contribution in [3.63, 3.8) is 0 Å². The van der Waals surface area contributed by atoms with Crippen LogP contribution in [0.5, 0.6) is 0 Å². The monoisotopic (exact) mass is 428 g/mol. The summed E-state index contributed by atoms with van der Waals surface area (Å²) >= 11 is 0. The zero-order valence-electron chi connectivity index (χ0n) is 18.9. The maximum atomic E-state index is 14.2. The molecule has 0 fully saturated rings. The highest BCUT2D eigenvalue weighted by Gasteiger charge is 2.38. The highest BCUT2D eigenvalue weighted by Crippen LogP contribution is 2.45. The molecule has 0 saturated carbocycles. The molecule has 29 heavy (non-hydrogen) atoms. The molecule has 0 amide bonds. The molecule has 2 aromatic rings.